The topological polar surface area (TPSA) is 26.3 Å². The Morgan fingerprint density at radius 1 is 1.23 bits per heavy atom. The van der Waals surface area contributed by atoms with Crippen molar-refractivity contribution in [3.8, 4) is 11.1 Å². The quantitative estimate of drug-likeness (QED) is 0.381. The first kappa shape index (κ1) is 16.9. The molecule has 0 saturated heterocycles. The zero-order chi connectivity index (χ0) is 15.9. The standard InChI is InChI=1S/C18H18FIO2/c1-2-10-22-18(21)16(12-20)14-8-9-15(17(19)11-14)13-6-4-3-5-7-13/h3-9,11,16H,2,10,12H2,1H3. The summed E-state index contributed by atoms with van der Waals surface area (Å²) in [6, 6.07) is 14.3. The molecule has 0 radical (unpaired) electrons. The second-order valence-electron chi connectivity index (χ2n) is 4.98. The van der Waals surface area contributed by atoms with Crippen LogP contribution in [0.15, 0.2) is 48.5 Å². The molecule has 1 unspecified atom stereocenters. The van der Waals surface area contributed by atoms with Crippen molar-refractivity contribution in [3.63, 3.8) is 0 Å². The maximum absolute atomic E-state index is 14.4. The number of benzene rings is 2. The maximum atomic E-state index is 14.4. The Kier molecular flexibility index (Phi) is 6.36. The third kappa shape index (κ3) is 4.06. The number of esters is 1. The summed E-state index contributed by atoms with van der Waals surface area (Å²) >= 11 is 2.13. The molecular formula is C18H18FIO2. The van der Waals surface area contributed by atoms with Crippen molar-refractivity contribution in [2.24, 2.45) is 0 Å². The molecule has 22 heavy (non-hydrogen) atoms. The third-order valence-electron chi connectivity index (χ3n) is 3.37. The van der Waals surface area contributed by atoms with Crippen LogP contribution in [-0.2, 0) is 9.53 Å². The Morgan fingerprint density at radius 3 is 2.55 bits per heavy atom. The number of carbonyl (C=O) groups excluding carboxylic acids is 1. The lowest BCUT2D eigenvalue weighted by Crippen LogP contribution is -2.18. The Hall–Kier alpha value is -1.43. The van der Waals surface area contributed by atoms with E-state index in [9.17, 15) is 9.18 Å². The van der Waals surface area contributed by atoms with Crippen molar-refractivity contribution in [1.82, 2.24) is 0 Å². The zero-order valence-electron chi connectivity index (χ0n) is 12.4. The Bertz CT molecular complexity index is 628. The van der Waals surface area contributed by atoms with E-state index in [1.807, 2.05) is 43.3 Å². The van der Waals surface area contributed by atoms with Crippen molar-refractivity contribution >= 4 is 28.6 Å². The molecule has 0 aliphatic heterocycles. The van der Waals surface area contributed by atoms with E-state index in [0.29, 0.717) is 22.2 Å². The van der Waals surface area contributed by atoms with Gasteiger partial charge in [0.05, 0.1) is 12.5 Å². The summed E-state index contributed by atoms with van der Waals surface area (Å²) < 4.78 is 20.1. The monoisotopic (exact) mass is 412 g/mol. The van der Waals surface area contributed by atoms with E-state index in [2.05, 4.69) is 22.6 Å². The molecule has 2 nitrogen and oxygen atoms in total. The third-order valence-corrected chi connectivity index (χ3v) is 4.25. The van der Waals surface area contributed by atoms with E-state index >= 15 is 0 Å². The largest absolute Gasteiger partial charge is 0.465 e. The van der Waals surface area contributed by atoms with Crippen molar-refractivity contribution < 1.29 is 13.9 Å². The van der Waals surface area contributed by atoms with Gasteiger partial charge in [-0.05, 0) is 23.6 Å². The van der Waals surface area contributed by atoms with E-state index in [-0.39, 0.29) is 11.8 Å². The van der Waals surface area contributed by atoms with Gasteiger partial charge in [-0.25, -0.2) is 4.39 Å². The molecule has 2 rings (SSSR count). The summed E-state index contributed by atoms with van der Waals surface area (Å²) in [6.45, 7) is 2.34. The first-order valence-electron chi connectivity index (χ1n) is 7.24. The van der Waals surface area contributed by atoms with Gasteiger partial charge < -0.3 is 4.74 Å². The smallest absolute Gasteiger partial charge is 0.314 e. The lowest BCUT2D eigenvalue weighted by molar-refractivity contribution is -0.144. The van der Waals surface area contributed by atoms with Crippen molar-refractivity contribution in [1.29, 1.82) is 0 Å². The van der Waals surface area contributed by atoms with E-state index in [1.54, 1.807) is 6.07 Å². The van der Waals surface area contributed by atoms with E-state index in [0.717, 1.165) is 12.0 Å². The van der Waals surface area contributed by atoms with Crippen LogP contribution in [0.25, 0.3) is 11.1 Å². The number of rotatable bonds is 6. The van der Waals surface area contributed by atoms with Crippen LogP contribution in [0.1, 0.15) is 24.8 Å². The second-order valence-corrected chi connectivity index (χ2v) is 5.86. The Balaban J connectivity index is 2.26. The van der Waals surface area contributed by atoms with Gasteiger partial charge in [0.15, 0.2) is 0 Å². The molecule has 0 bridgehead atoms. The summed E-state index contributed by atoms with van der Waals surface area (Å²) in [5, 5.41) is 0. The van der Waals surface area contributed by atoms with Gasteiger partial charge in [0.25, 0.3) is 0 Å². The van der Waals surface area contributed by atoms with Crippen LogP contribution in [0.3, 0.4) is 0 Å². The van der Waals surface area contributed by atoms with Gasteiger partial charge in [0, 0.05) is 9.99 Å². The van der Waals surface area contributed by atoms with Crippen molar-refractivity contribution in [2.75, 3.05) is 11.0 Å². The van der Waals surface area contributed by atoms with Gasteiger partial charge in [-0.3, -0.25) is 4.79 Å². The van der Waals surface area contributed by atoms with Crippen LogP contribution in [-0.4, -0.2) is 17.0 Å². The summed E-state index contributed by atoms with van der Waals surface area (Å²) in [6.07, 6.45) is 0.779. The summed E-state index contributed by atoms with van der Waals surface area (Å²) in [5.74, 6) is -1.03. The predicted molar refractivity (Wildman–Crippen MR) is 94.7 cm³/mol. The van der Waals surface area contributed by atoms with Crippen molar-refractivity contribution in [2.45, 2.75) is 19.3 Å². The molecule has 2 aromatic rings. The SMILES string of the molecule is CCCOC(=O)C(CI)c1ccc(-c2ccccc2)c(F)c1. The summed E-state index contributed by atoms with van der Waals surface area (Å²) in [4.78, 5) is 12.1. The first-order valence-corrected chi connectivity index (χ1v) is 8.77. The van der Waals surface area contributed by atoms with Crippen LogP contribution in [0.5, 0.6) is 0 Å². The van der Waals surface area contributed by atoms with E-state index in [4.69, 9.17) is 4.74 Å². The fourth-order valence-corrected chi connectivity index (χ4v) is 3.06. The van der Waals surface area contributed by atoms with Gasteiger partial charge in [0.1, 0.15) is 5.82 Å². The van der Waals surface area contributed by atoms with E-state index < -0.39 is 5.92 Å². The highest BCUT2D eigenvalue weighted by Gasteiger charge is 2.22. The Morgan fingerprint density at radius 2 is 1.95 bits per heavy atom. The molecule has 0 aliphatic rings. The molecule has 0 N–H and O–H groups in total. The van der Waals surface area contributed by atoms with Gasteiger partial charge in [-0.2, -0.15) is 0 Å². The van der Waals surface area contributed by atoms with Gasteiger partial charge in [0.2, 0.25) is 0 Å². The highest BCUT2D eigenvalue weighted by molar-refractivity contribution is 14.1. The van der Waals surface area contributed by atoms with Gasteiger partial charge in [-0.15, -0.1) is 0 Å². The molecule has 116 valence electrons. The fourth-order valence-electron chi connectivity index (χ4n) is 2.19. The molecule has 2 aromatic carbocycles. The molecule has 1 atom stereocenters. The molecule has 0 aliphatic carbocycles. The number of carbonyl (C=O) groups is 1. The number of halogens is 2. The minimum atomic E-state index is -0.425. The molecule has 0 fully saturated rings. The molecule has 0 amide bonds. The molecule has 4 heteroatoms. The molecule has 0 aromatic heterocycles. The fraction of sp³-hybridized carbons (Fsp3) is 0.278. The number of ether oxygens (including phenoxy) is 1. The molecule has 0 saturated carbocycles. The minimum Gasteiger partial charge on any atom is -0.465 e. The number of hydrogen-bond donors (Lipinski definition) is 0. The highest BCUT2D eigenvalue weighted by Crippen LogP contribution is 2.27. The van der Waals surface area contributed by atoms with Gasteiger partial charge >= 0.3 is 5.97 Å². The first-order chi connectivity index (χ1) is 10.7. The van der Waals surface area contributed by atoms with E-state index in [1.165, 1.54) is 6.07 Å². The molecular weight excluding hydrogens is 394 g/mol. The minimum absolute atomic E-state index is 0.289. The van der Waals surface area contributed by atoms with Crippen molar-refractivity contribution in [3.05, 3.63) is 59.9 Å². The highest BCUT2D eigenvalue weighted by atomic mass is 127. The summed E-state index contributed by atoms with van der Waals surface area (Å²) in [7, 11) is 0. The molecule has 0 spiro atoms. The number of alkyl halides is 1. The predicted octanol–water partition coefficient (Wildman–Crippen LogP) is 4.96. The average molecular weight is 412 g/mol. The normalized spacial score (nSPS) is 12.0. The maximum Gasteiger partial charge on any atom is 0.314 e. The van der Waals surface area contributed by atoms with Gasteiger partial charge in [-0.1, -0.05) is 72.0 Å². The average Bonchev–Trinajstić information content (AvgIpc) is 2.54. The second kappa shape index (κ2) is 8.27. The van der Waals surface area contributed by atoms with Crippen LogP contribution < -0.4 is 0 Å². The van der Waals surface area contributed by atoms with Crippen LogP contribution in [0.2, 0.25) is 0 Å². The lowest BCUT2D eigenvalue weighted by Gasteiger charge is -2.15. The van der Waals surface area contributed by atoms with Crippen LogP contribution >= 0.6 is 22.6 Å². The van der Waals surface area contributed by atoms with Crippen LogP contribution in [0, 0.1) is 5.82 Å². The Labute approximate surface area is 143 Å². The van der Waals surface area contributed by atoms with Crippen LogP contribution in [0.4, 0.5) is 4.39 Å². The number of hydrogen-bond acceptors (Lipinski definition) is 2. The molecule has 0 heterocycles. The zero-order valence-corrected chi connectivity index (χ0v) is 14.5. The summed E-state index contributed by atoms with van der Waals surface area (Å²) in [5.41, 5.74) is 2.03. The lowest BCUT2D eigenvalue weighted by atomic mass is 9.97.